The van der Waals surface area contributed by atoms with Crippen LogP contribution in [-0.2, 0) is 6.54 Å². The Hall–Kier alpha value is -1.02. The van der Waals surface area contributed by atoms with Gasteiger partial charge >= 0.3 is 0 Å². The van der Waals surface area contributed by atoms with Crippen LogP contribution < -0.4 is 10.6 Å². The van der Waals surface area contributed by atoms with Crippen molar-refractivity contribution < 1.29 is 0 Å². The molecule has 1 aromatic rings. The lowest BCUT2D eigenvalue weighted by molar-refractivity contribution is 0.330. The highest BCUT2D eigenvalue weighted by molar-refractivity contribution is 5.51. The molecule has 0 aliphatic heterocycles. The van der Waals surface area contributed by atoms with Crippen LogP contribution in [0.1, 0.15) is 38.8 Å². The van der Waals surface area contributed by atoms with E-state index in [0.717, 1.165) is 0 Å². The molecule has 0 amide bonds. The summed E-state index contributed by atoms with van der Waals surface area (Å²) in [5.74, 6) is 0. The van der Waals surface area contributed by atoms with Crippen molar-refractivity contribution >= 4 is 5.69 Å². The Morgan fingerprint density at radius 3 is 2.29 bits per heavy atom. The number of rotatable bonds is 3. The standard InChI is InChI=1S/C15H26N2/c1-11-9-14(8-7-13(11)10-16)17(6)12(2)15(3,4)5/h7-9,12H,10,16H2,1-6H3. The van der Waals surface area contributed by atoms with Gasteiger partial charge in [-0.1, -0.05) is 26.8 Å². The minimum atomic E-state index is 0.273. The van der Waals surface area contributed by atoms with Crippen LogP contribution in [0.15, 0.2) is 18.2 Å². The number of benzene rings is 1. The normalized spacial score (nSPS) is 13.6. The van der Waals surface area contributed by atoms with Gasteiger partial charge in [0.2, 0.25) is 0 Å². The highest BCUT2D eigenvalue weighted by atomic mass is 15.1. The van der Waals surface area contributed by atoms with Crippen molar-refractivity contribution in [3.05, 3.63) is 29.3 Å². The fraction of sp³-hybridized carbons (Fsp3) is 0.600. The smallest absolute Gasteiger partial charge is 0.0369 e. The Balaban J connectivity index is 2.97. The van der Waals surface area contributed by atoms with Gasteiger partial charge in [-0.2, -0.15) is 0 Å². The summed E-state index contributed by atoms with van der Waals surface area (Å²) in [5.41, 5.74) is 9.73. The predicted molar refractivity (Wildman–Crippen MR) is 76.4 cm³/mol. The van der Waals surface area contributed by atoms with Crippen molar-refractivity contribution in [3.8, 4) is 0 Å². The lowest BCUT2D eigenvalue weighted by Crippen LogP contribution is -2.39. The van der Waals surface area contributed by atoms with E-state index in [9.17, 15) is 0 Å². The summed E-state index contributed by atoms with van der Waals surface area (Å²) in [6, 6.07) is 7.02. The molecule has 2 heteroatoms. The molecule has 0 spiro atoms. The van der Waals surface area contributed by atoms with Gasteiger partial charge in [-0.25, -0.2) is 0 Å². The van der Waals surface area contributed by atoms with Gasteiger partial charge in [0.15, 0.2) is 0 Å². The van der Waals surface area contributed by atoms with Crippen molar-refractivity contribution in [1.29, 1.82) is 0 Å². The first-order chi connectivity index (χ1) is 7.77. The lowest BCUT2D eigenvalue weighted by atomic mass is 9.87. The van der Waals surface area contributed by atoms with Crippen LogP contribution in [0.4, 0.5) is 5.69 Å². The summed E-state index contributed by atoms with van der Waals surface area (Å²) in [6.45, 7) is 11.8. The van der Waals surface area contributed by atoms with E-state index in [-0.39, 0.29) is 5.41 Å². The fourth-order valence-corrected chi connectivity index (χ4v) is 1.93. The molecule has 0 aliphatic carbocycles. The van der Waals surface area contributed by atoms with Crippen LogP contribution in [0.5, 0.6) is 0 Å². The van der Waals surface area contributed by atoms with E-state index in [1.807, 2.05) is 0 Å². The summed E-state index contributed by atoms with van der Waals surface area (Å²) < 4.78 is 0. The molecule has 2 N–H and O–H groups in total. The van der Waals surface area contributed by atoms with Crippen LogP contribution >= 0.6 is 0 Å². The molecule has 0 aromatic heterocycles. The van der Waals surface area contributed by atoms with Crippen LogP contribution in [0.25, 0.3) is 0 Å². The Bertz CT molecular complexity index is 377. The molecule has 17 heavy (non-hydrogen) atoms. The molecule has 96 valence electrons. The summed E-state index contributed by atoms with van der Waals surface area (Å²) in [7, 11) is 2.16. The lowest BCUT2D eigenvalue weighted by Gasteiger charge is -2.37. The molecule has 0 saturated carbocycles. The van der Waals surface area contributed by atoms with E-state index >= 15 is 0 Å². The summed E-state index contributed by atoms with van der Waals surface area (Å²) in [5, 5.41) is 0. The first-order valence-electron chi connectivity index (χ1n) is 6.29. The largest absolute Gasteiger partial charge is 0.371 e. The van der Waals surface area contributed by atoms with Gasteiger partial charge < -0.3 is 10.6 Å². The molecule has 2 nitrogen and oxygen atoms in total. The third-order valence-corrected chi connectivity index (χ3v) is 3.79. The Morgan fingerprint density at radius 1 is 1.29 bits per heavy atom. The zero-order valence-electron chi connectivity index (χ0n) is 12.0. The molecule has 0 aliphatic rings. The monoisotopic (exact) mass is 234 g/mol. The highest BCUT2D eigenvalue weighted by Crippen LogP contribution is 2.28. The minimum Gasteiger partial charge on any atom is -0.371 e. The minimum absolute atomic E-state index is 0.273. The van der Waals surface area contributed by atoms with Crippen molar-refractivity contribution in [3.63, 3.8) is 0 Å². The molecule has 0 fully saturated rings. The number of nitrogens with two attached hydrogens (primary N) is 1. The molecule has 0 saturated heterocycles. The van der Waals surface area contributed by atoms with Crippen molar-refractivity contribution in [2.45, 2.75) is 47.2 Å². The van der Waals surface area contributed by atoms with Crippen LogP contribution in [0.2, 0.25) is 0 Å². The number of hydrogen-bond acceptors (Lipinski definition) is 2. The van der Waals surface area contributed by atoms with E-state index in [1.165, 1.54) is 16.8 Å². The average Bonchev–Trinajstić information content (AvgIpc) is 2.25. The second-order valence-electron chi connectivity index (χ2n) is 5.97. The maximum absolute atomic E-state index is 5.69. The quantitative estimate of drug-likeness (QED) is 0.869. The molecule has 1 unspecified atom stereocenters. The number of aryl methyl sites for hydroxylation is 1. The van der Waals surface area contributed by atoms with Crippen molar-refractivity contribution in [1.82, 2.24) is 0 Å². The second-order valence-corrected chi connectivity index (χ2v) is 5.97. The first kappa shape index (κ1) is 14.0. The second kappa shape index (κ2) is 5.09. The topological polar surface area (TPSA) is 29.3 Å². The van der Waals surface area contributed by atoms with E-state index in [2.05, 4.69) is 64.8 Å². The number of nitrogens with zero attached hydrogens (tertiary/aromatic N) is 1. The van der Waals surface area contributed by atoms with E-state index in [4.69, 9.17) is 5.73 Å². The van der Waals surface area contributed by atoms with Crippen LogP contribution in [0, 0.1) is 12.3 Å². The van der Waals surface area contributed by atoms with Gasteiger partial charge in [0.1, 0.15) is 0 Å². The Kier molecular flexibility index (Phi) is 4.21. The van der Waals surface area contributed by atoms with E-state index in [0.29, 0.717) is 12.6 Å². The molecular weight excluding hydrogens is 208 g/mol. The highest BCUT2D eigenvalue weighted by Gasteiger charge is 2.24. The van der Waals surface area contributed by atoms with Gasteiger partial charge in [0.05, 0.1) is 0 Å². The summed E-state index contributed by atoms with van der Waals surface area (Å²) in [6.07, 6.45) is 0. The summed E-state index contributed by atoms with van der Waals surface area (Å²) in [4.78, 5) is 2.34. The first-order valence-corrected chi connectivity index (χ1v) is 6.29. The van der Waals surface area contributed by atoms with E-state index < -0.39 is 0 Å². The van der Waals surface area contributed by atoms with Crippen molar-refractivity contribution in [2.24, 2.45) is 11.1 Å². The van der Waals surface area contributed by atoms with Gasteiger partial charge in [0.25, 0.3) is 0 Å². The predicted octanol–water partition coefficient (Wildman–Crippen LogP) is 3.32. The Labute approximate surface area is 106 Å². The Morgan fingerprint density at radius 2 is 1.88 bits per heavy atom. The van der Waals surface area contributed by atoms with Crippen LogP contribution in [0.3, 0.4) is 0 Å². The van der Waals surface area contributed by atoms with Gasteiger partial charge in [-0.3, -0.25) is 0 Å². The molecule has 1 atom stereocenters. The van der Waals surface area contributed by atoms with Gasteiger partial charge in [-0.05, 0) is 42.5 Å². The number of anilines is 1. The zero-order chi connectivity index (χ0) is 13.2. The molecule has 0 heterocycles. The van der Waals surface area contributed by atoms with Gasteiger partial charge in [0, 0.05) is 25.3 Å². The third-order valence-electron chi connectivity index (χ3n) is 3.79. The SMILES string of the molecule is Cc1cc(N(C)C(C)C(C)(C)C)ccc1CN. The van der Waals surface area contributed by atoms with Crippen LogP contribution in [-0.4, -0.2) is 13.1 Å². The summed E-state index contributed by atoms with van der Waals surface area (Å²) >= 11 is 0. The molecule has 1 aromatic carbocycles. The third kappa shape index (κ3) is 3.22. The maximum atomic E-state index is 5.69. The van der Waals surface area contributed by atoms with Crippen molar-refractivity contribution in [2.75, 3.05) is 11.9 Å². The van der Waals surface area contributed by atoms with Gasteiger partial charge in [-0.15, -0.1) is 0 Å². The maximum Gasteiger partial charge on any atom is 0.0369 e. The molecule has 1 rings (SSSR count). The number of hydrogen-bond donors (Lipinski definition) is 1. The van der Waals surface area contributed by atoms with E-state index in [1.54, 1.807) is 0 Å². The average molecular weight is 234 g/mol. The zero-order valence-corrected chi connectivity index (χ0v) is 12.0. The molecule has 0 bridgehead atoms. The molecule has 0 radical (unpaired) electrons. The fourth-order valence-electron chi connectivity index (χ4n) is 1.93. The molecular formula is C15H26N2.